The highest BCUT2D eigenvalue weighted by Gasteiger charge is 2.32. The molecule has 0 aromatic rings. The van der Waals surface area contributed by atoms with E-state index in [1.807, 2.05) is 0 Å². The summed E-state index contributed by atoms with van der Waals surface area (Å²) in [6.07, 6.45) is 4.94. The third-order valence-electron chi connectivity index (χ3n) is 4.43. The number of likely N-dealkylation sites (tertiary alicyclic amines) is 1. The minimum Gasteiger partial charge on any atom is -0.339 e. The number of rotatable bonds is 7. The molecule has 20 heavy (non-hydrogen) atoms. The molecule has 1 saturated heterocycles. The maximum atomic E-state index is 12.4. The molecule has 0 aromatic carbocycles. The van der Waals surface area contributed by atoms with Gasteiger partial charge in [0.15, 0.2) is 0 Å². The Balaban J connectivity index is 1.75. The van der Waals surface area contributed by atoms with Crippen LogP contribution in [0.5, 0.6) is 0 Å². The first-order valence-electron chi connectivity index (χ1n) is 8.35. The number of nitrogens with zero attached hydrogens (tertiary/aromatic N) is 2. The Morgan fingerprint density at radius 2 is 2.10 bits per heavy atom. The molecule has 116 valence electrons. The van der Waals surface area contributed by atoms with Crippen molar-refractivity contribution in [3.8, 4) is 0 Å². The molecule has 0 spiro atoms. The predicted octanol–water partition coefficient (Wildman–Crippen LogP) is 1.71. The summed E-state index contributed by atoms with van der Waals surface area (Å²) in [6, 6.07) is 1.10. The van der Waals surface area contributed by atoms with E-state index in [0.29, 0.717) is 30.5 Å². The lowest BCUT2D eigenvalue weighted by Gasteiger charge is -2.34. The average Bonchev–Trinajstić information content (AvgIpc) is 3.22. The van der Waals surface area contributed by atoms with Crippen LogP contribution in [0.25, 0.3) is 0 Å². The molecule has 1 amide bonds. The van der Waals surface area contributed by atoms with E-state index >= 15 is 0 Å². The van der Waals surface area contributed by atoms with Crippen LogP contribution in [0.1, 0.15) is 46.5 Å². The van der Waals surface area contributed by atoms with E-state index < -0.39 is 0 Å². The van der Waals surface area contributed by atoms with Gasteiger partial charge in [0.05, 0.1) is 6.54 Å². The van der Waals surface area contributed by atoms with Gasteiger partial charge in [-0.25, -0.2) is 0 Å². The normalized spacial score (nSPS) is 24.1. The van der Waals surface area contributed by atoms with Crippen LogP contribution < -0.4 is 5.32 Å². The second-order valence-corrected chi connectivity index (χ2v) is 6.72. The predicted molar refractivity (Wildman–Crippen MR) is 82.7 cm³/mol. The van der Waals surface area contributed by atoms with Crippen LogP contribution in [0, 0.1) is 5.92 Å². The summed E-state index contributed by atoms with van der Waals surface area (Å²) in [6.45, 7) is 11.2. The maximum Gasteiger partial charge on any atom is 0.236 e. The fraction of sp³-hybridized carbons (Fsp3) is 0.938. The summed E-state index contributed by atoms with van der Waals surface area (Å²) < 4.78 is 0. The minimum absolute atomic E-state index is 0.340. The molecule has 1 saturated carbocycles. The Morgan fingerprint density at radius 3 is 2.70 bits per heavy atom. The van der Waals surface area contributed by atoms with E-state index in [4.69, 9.17) is 0 Å². The lowest BCUT2D eigenvalue weighted by molar-refractivity contribution is -0.133. The van der Waals surface area contributed by atoms with Gasteiger partial charge in [0.2, 0.25) is 5.91 Å². The zero-order chi connectivity index (χ0) is 14.5. The standard InChI is InChI=1S/C16H31N3O/c1-4-19(15-7-8-15)16(20)12-18-9-5-6-14(11-18)10-17-13(2)3/h13-15,17H,4-12H2,1-3H3. The summed E-state index contributed by atoms with van der Waals surface area (Å²) in [5.74, 6) is 1.04. The van der Waals surface area contributed by atoms with Crippen molar-refractivity contribution >= 4 is 5.91 Å². The fourth-order valence-corrected chi connectivity index (χ4v) is 3.17. The van der Waals surface area contributed by atoms with E-state index in [2.05, 4.69) is 35.9 Å². The van der Waals surface area contributed by atoms with Crippen molar-refractivity contribution in [2.45, 2.75) is 58.5 Å². The zero-order valence-electron chi connectivity index (χ0n) is 13.4. The van der Waals surface area contributed by atoms with Crippen molar-refractivity contribution in [1.29, 1.82) is 0 Å². The number of hydrogen-bond acceptors (Lipinski definition) is 3. The van der Waals surface area contributed by atoms with Crippen molar-refractivity contribution in [3.63, 3.8) is 0 Å². The van der Waals surface area contributed by atoms with Crippen molar-refractivity contribution in [3.05, 3.63) is 0 Å². The van der Waals surface area contributed by atoms with Gasteiger partial charge in [-0.05, 0) is 51.6 Å². The number of piperidine rings is 1. The molecule has 2 aliphatic rings. The SMILES string of the molecule is CCN(C(=O)CN1CCCC(CNC(C)C)C1)C1CC1. The highest BCUT2D eigenvalue weighted by Crippen LogP contribution is 2.27. The molecule has 0 bridgehead atoms. The van der Waals surface area contributed by atoms with Gasteiger partial charge in [0.25, 0.3) is 0 Å². The first-order chi connectivity index (χ1) is 9.60. The van der Waals surface area contributed by atoms with Crippen LogP contribution in [-0.2, 0) is 4.79 Å². The largest absolute Gasteiger partial charge is 0.339 e. The van der Waals surface area contributed by atoms with Crippen molar-refractivity contribution in [1.82, 2.24) is 15.1 Å². The van der Waals surface area contributed by atoms with Crippen LogP contribution in [0.4, 0.5) is 0 Å². The topological polar surface area (TPSA) is 35.6 Å². The number of nitrogens with one attached hydrogen (secondary N) is 1. The Hall–Kier alpha value is -0.610. The molecule has 1 atom stereocenters. The number of carbonyl (C=O) groups excluding carboxylic acids is 1. The fourth-order valence-electron chi connectivity index (χ4n) is 3.17. The number of hydrogen-bond donors (Lipinski definition) is 1. The quantitative estimate of drug-likeness (QED) is 0.771. The zero-order valence-corrected chi connectivity index (χ0v) is 13.4. The van der Waals surface area contributed by atoms with Crippen molar-refractivity contribution in [2.24, 2.45) is 5.92 Å². The highest BCUT2D eigenvalue weighted by atomic mass is 16.2. The number of likely N-dealkylation sites (N-methyl/N-ethyl adjacent to an activating group) is 1. The number of amides is 1. The molecule has 1 aliphatic heterocycles. The van der Waals surface area contributed by atoms with Gasteiger partial charge < -0.3 is 10.2 Å². The van der Waals surface area contributed by atoms with Crippen LogP contribution in [0.3, 0.4) is 0 Å². The maximum absolute atomic E-state index is 12.4. The van der Waals surface area contributed by atoms with Gasteiger partial charge in [0, 0.05) is 25.2 Å². The van der Waals surface area contributed by atoms with Crippen LogP contribution >= 0.6 is 0 Å². The van der Waals surface area contributed by atoms with Crippen LogP contribution in [0.15, 0.2) is 0 Å². The van der Waals surface area contributed by atoms with E-state index in [1.54, 1.807) is 0 Å². The first-order valence-corrected chi connectivity index (χ1v) is 8.35. The van der Waals surface area contributed by atoms with Gasteiger partial charge in [-0.1, -0.05) is 13.8 Å². The Morgan fingerprint density at radius 1 is 1.35 bits per heavy atom. The van der Waals surface area contributed by atoms with Crippen molar-refractivity contribution < 1.29 is 4.79 Å². The Labute approximate surface area is 123 Å². The highest BCUT2D eigenvalue weighted by molar-refractivity contribution is 5.78. The van der Waals surface area contributed by atoms with E-state index in [1.165, 1.54) is 25.7 Å². The van der Waals surface area contributed by atoms with Gasteiger partial charge in [-0.15, -0.1) is 0 Å². The number of carbonyl (C=O) groups is 1. The molecule has 1 heterocycles. The summed E-state index contributed by atoms with van der Waals surface area (Å²) >= 11 is 0. The molecule has 1 unspecified atom stereocenters. The second-order valence-electron chi connectivity index (χ2n) is 6.72. The van der Waals surface area contributed by atoms with E-state index in [0.717, 1.165) is 26.2 Å². The van der Waals surface area contributed by atoms with Crippen LogP contribution in [0.2, 0.25) is 0 Å². The minimum atomic E-state index is 0.340. The smallest absolute Gasteiger partial charge is 0.236 e. The van der Waals surface area contributed by atoms with Crippen LogP contribution in [-0.4, -0.2) is 60.5 Å². The van der Waals surface area contributed by atoms with Gasteiger partial charge in [0.1, 0.15) is 0 Å². The molecule has 2 fully saturated rings. The molecule has 0 radical (unpaired) electrons. The van der Waals surface area contributed by atoms with Gasteiger partial charge in [-0.2, -0.15) is 0 Å². The first kappa shape index (κ1) is 15.8. The van der Waals surface area contributed by atoms with E-state index in [-0.39, 0.29) is 0 Å². The Kier molecular flexibility index (Phi) is 5.85. The summed E-state index contributed by atoms with van der Waals surface area (Å²) in [7, 11) is 0. The average molecular weight is 281 g/mol. The lowest BCUT2D eigenvalue weighted by atomic mass is 9.97. The molecule has 1 N–H and O–H groups in total. The van der Waals surface area contributed by atoms with E-state index in [9.17, 15) is 4.79 Å². The Bertz CT molecular complexity index is 315. The third-order valence-corrected chi connectivity index (χ3v) is 4.43. The molecule has 4 heteroatoms. The summed E-state index contributed by atoms with van der Waals surface area (Å²) in [5, 5.41) is 3.53. The monoisotopic (exact) mass is 281 g/mol. The molecule has 1 aliphatic carbocycles. The molecule has 4 nitrogen and oxygen atoms in total. The van der Waals surface area contributed by atoms with Gasteiger partial charge >= 0.3 is 0 Å². The summed E-state index contributed by atoms with van der Waals surface area (Å²) in [5.41, 5.74) is 0. The third kappa shape index (κ3) is 4.74. The molecular formula is C16H31N3O. The molecular weight excluding hydrogens is 250 g/mol. The molecule has 0 aromatic heterocycles. The lowest BCUT2D eigenvalue weighted by Crippen LogP contribution is -2.46. The second kappa shape index (κ2) is 7.41. The van der Waals surface area contributed by atoms with Crippen molar-refractivity contribution in [2.75, 3.05) is 32.7 Å². The molecule has 2 rings (SSSR count). The summed E-state index contributed by atoms with van der Waals surface area (Å²) in [4.78, 5) is 16.8. The van der Waals surface area contributed by atoms with Gasteiger partial charge in [-0.3, -0.25) is 9.69 Å².